The maximum Gasteiger partial charge on any atom is 0.244 e. The van der Waals surface area contributed by atoms with Gasteiger partial charge in [-0.25, -0.2) is 22.0 Å². The maximum atomic E-state index is 12.5. The predicted molar refractivity (Wildman–Crippen MR) is 81.6 cm³/mol. The van der Waals surface area contributed by atoms with E-state index in [2.05, 4.69) is 15.4 Å². The number of hydrogen-bond acceptors (Lipinski definition) is 6. The number of anilines is 1. The first-order valence-electron chi connectivity index (χ1n) is 6.52. The van der Waals surface area contributed by atoms with Gasteiger partial charge in [-0.3, -0.25) is 0 Å². The fourth-order valence-electron chi connectivity index (χ4n) is 2.75. The van der Waals surface area contributed by atoms with Crippen LogP contribution in [0.4, 0.5) is 5.69 Å². The summed E-state index contributed by atoms with van der Waals surface area (Å²) < 4.78 is 50.6. The fourth-order valence-corrected chi connectivity index (χ4v) is 5.47. The zero-order valence-corrected chi connectivity index (χ0v) is 13.8. The summed E-state index contributed by atoms with van der Waals surface area (Å²) in [5.41, 5.74) is -0.512. The summed E-state index contributed by atoms with van der Waals surface area (Å²) in [6.45, 7) is 1.32. The Bertz CT molecular complexity index is 832. The van der Waals surface area contributed by atoms with Crippen molar-refractivity contribution in [2.24, 2.45) is 5.14 Å². The van der Waals surface area contributed by atoms with Gasteiger partial charge in [0.25, 0.3) is 0 Å². The van der Waals surface area contributed by atoms with Gasteiger partial charge in [0.2, 0.25) is 20.0 Å². The summed E-state index contributed by atoms with van der Waals surface area (Å²) in [4.78, 5) is -0.591. The molecule has 8 nitrogen and oxygen atoms in total. The Morgan fingerprint density at radius 3 is 2.45 bits per heavy atom. The third kappa shape index (κ3) is 2.70. The van der Waals surface area contributed by atoms with Crippen LogP contribution in [0.2, 0.25) is 5.02 Å². The highest BCUT2D eigenvalue weighted by atomic mass is 35.5. The molecule has 22 heavy (non-hydrogen) atoms. The molecular formula is C11H15ClN4O4S2. The lowest BCUT2D eigenvalue weighted by atomic mass is 9.98. The monoisotopic (exact) mass is 366 g/mol. The predicted octanol–water partition coefficient (Wildman–Crippen LogP) is -0.229. The Labute approximate surface area is 133 Å². The number of primary sulfonamides is 1. The number of rotatable bonds is 1. The van der Waals surface area contributed by atoms with Crippen LogP contribution in [-0.2, 0) is 20.0 Å². The Morgan fingerprint density at radius 1 is 1.23 bits per heavy atom. The quantitative estimate of drug-likeness (QED) is 0.543. The molecule has 122 valence electrons. The summed E-state index contributed by atoms with van der Waals surface area (Å²) in [7, 11) is -7.98. The van der Waals surface area contributed by atoms with E-state index in [0.29, 0.717) is 25.9 Å². The van der Waals surface area contributed by atoms with Gasteiger partial charge in [0.05, 0.1) is 10.7 Å². The molecule has 0 aliphatic carbocycles. The van der Waals surface area contributed by atoms with Gasteiger partial charge in [0.15, 0.2) is 0 Å². The van der Waals surface area contributed by atoms with Crippen molar-refractivity contribution >= 4 is 37.3 Å². The molecule has 0 bridgehead atoms. The lowest BCUT2D eigenvalue weighted by Crippen LogP contribution is -2.61. The molecular weight excluding hydrogens is 352 g/mol. The normalized spacial score (nSPS) is 22.8. The third-order valence-electron chi connectivity index (χ3n) is 3.79. The topological polar surface area (TPSA) is 130 Å². The minimum atomic E-state index is -4.11. The van der Waals surface area contributed by atoms with Crippen LogP contribution < -0.4 is 20.5 Å². The highest BCUT2D eigenvalue weighted by Gasteiger charge is 2.42. The third-order valence-corrected chi connectivity index (χ3v) is 6.74. The number of nitrogens with two attached hydrogens (primary N) is 1. The van der Waals surface area contributed by atoms with Crippen molar-refractivity contribution in [2.45, 2.75) is 28.3 Å². The molecule has 11 heteroatoms. The van der Waals surface area contributed by atoms with E-state index in [1.807, 2.05) is 0 Å². The van der Waals surface area contributed by atoms with Gasteiger partial charge in [-0.1, -0.05) is 11.6 Å². The van der Waals surface area contributed by atoms with Crippen LogP contribution in [0.15, 0.2) is 21.9 Å². The van der Waals surface area contributed by atoms with Crippen molar-refractivity contribution in [3.8, 4) is 0 Å². The summed E-state index contributed by atoms with van der Waals surface area (Å²) >= 11 is 5.94. The Kier molecular flexibility index (Phi) is 3.66. The van der Waals surface area contributed by atoms with Gasteiger partial charge < -0.3 is 10.6 Å². The molecule has 0 amide bonds. The molecule has 3 rings (SSSR count). The fraction of sp³-hybridized carbons (Fsp3) is 0.455. The number of halogens is 1. The number of piperidine rings is 1. The Balaban J connectivity index is 2.16. The molecule has 1 spiro atoms. The molecule has 2 aliphatic heterocycles. The van der Waals surface area contributed by atoms with Crippen molar-refractivity contribution in [1.29, 1.82) is 0 Å². The van der Waals surface area contributed by atoms with Crippen LogP contribution in [0.25, 0.3) is 0 Å². The van der Waals surface area contributed by atoms with E-state index in [-0.39, 0.29) is 15.6 Å². The minimum Gasteiger partial charge on any atom is -0.365 e. The minimum absolute atomic E-state index is 0.116. The molecule has 0 aromatic heterocycles. The van der Waals surface area contributed by atoms with Crippen LogP contribution in [0.1, 0.15) is 12.8 Å². The average molecular weight is 367 g/mol. The smallest absolute Gasteiger partial charge is 0.244 e. The van der Waals surface area contributed by atoms with Crippen molar-refractivity contribution in [1.82, 2.24) is 10.0 Å². The van der Waals surface area contributed by atoms with Crippen LogP contribution in [0.5, 0.6) is 0 Å². The van der Waals surface area contributed by atoms with Crippen molar-refractivity contribution < 1.29 is 16.8 Å². The van der Waals surface area contributed by atoms with E-state index < -0.39 is 30.6 Å². The molecule has 1 saturated heterocycles. The largest absolute Gasteiger partial charge is 0.365 e. The standard InChI is InChI=1S/C11H15ClN4O4S2/c12-7-5-8-10(6-9(7)21(13,17)18)22(19,20)16-11(15-8)1-3-14-4-2-11/h5-6,14-16H,1-4H2,(H2,13,17,18). The highest BCUT2D eigenvalue weighted by Crippen LogP contribution is 2.37. The molecule has 0 atom stereocenters. The summed E-state index contributed by atoms with van der Waals surface area (Å²) in [6, 6.07) is 2.27. The van der Waals surface area contributed by atoms with Crippen LogP contribution >= 0.6 is 11.6 Å². The Morgan fingerprint density at radius 2 is 1.86 bits per heavy atom. The van der Waals surface area contributed by atoms with Gasteiger partial charge >= 0.3 is 0 Å². The second-order valence-corrected chi connectivity index (χ2v) is 8.97. The first-order chi connectivity index (χ1) is 10.1. The second kappa shape index (κ2) is 5.05. The van der Waals surface area contributed by atoms with Gasteiger partial charge in [-0.2, -0.15) is 4.72 Å². The zero-order chi connectivity index (χ0) is 16.2. The van der Waals surface area contributed by atoms with E-state index in [0.717, 1.165) is 6.07 Å². The van der Waals surface area contributed by atoms with Gasteiger partial charge in [-0.05, 0) is 38.1 Å². The van der Waals surface area contributed by atoms with Crippen LogP contribution in [-0.4, -0.2) is 35.6 Å². The molecule has 2 heterocycles. The van der Waals surface area contributed by atoms with Gasteiger partial charge in [-0.15, -0.1) is 0 Å². The second-order valence-electron chi connectivity index (χ2n) is 5.39. The van der Waals surface area contributed by atoms with E-state index in [9.17, 15) is 16.8 Å². The molecule has 0 saturated carbocycles. The van der Waals surface area contributed by atoms with Gasteiger partial charge in [0.1, 0.15) is 15.5 Å². The molecule has 2 aliphatic rings. The lowest BCUT2D eigenvalue weighted by molar-refractivity contribution is 0.314. The summed E-state index contributed by atoms with van der Waals surface area (Å²) in [5, 5.41) is 11.2. The van der Waals surface area contributed by atoms with E-state index in [1.165, 1.54) is 6.07 Å². The van der Waals surface area contributed by atoms with Gasteiger partial charge in [0, 0.05) is 0 Å². The molecule has 1 aromatic carbocycles. The number of sulfonamides is 2. The van der Waals surface area contributed by atoms with E-state index >= 15 is 0 Å². The molecule has 1 aromatic rings. The zero-order valence-electron chi connectivity index (χ0n) is 11.4. The van der Waals surface area contributed by atoms with Crippen LogP contribution in [0, 0.1) is 0 Å². The molecule has 5 N–H and O–H groups in total. The lowest BCUT2D eigenvalue weighted by Gasteiger charge is -2.43. The van der Waals surface area contributed by atoms with Crippen molar-refractivity contribution in [3.63, 3.8) is 0 Å². The first kappa shape index (κ1) is 16.0. The summed E-state index contributed by atoms with van der Waals surface area (Å²) in [6.07, 6.45) is 1.11. The number of nitrogens with one attached hydrogen (secondary N) is 3. The molecule has 1 fully saturated rings. The first-order valence-corrected chi connectivity index (χ1v) is 9.93. The molecule has 0 radical (unpaired) electrons. The SMILES string of the molecule is NS(=O)(=O)c1cc2c(cc1Cl)NC1(CCNCC1)NS2(=O)=O. The average Bonchev–Trinajstić information content (AvgIpc) is 2.36. The van der Waals surface area contributed by atoms with Crippen molar-refractivity contribution in [3.05, 3.63) is 17.2 Å². The number of hydrogen-bond donors (Lipinski definition) is 4. The molecule has 0 unspecified atom stereocenters. The van der Waals surface area contributed by atoms with Crippen LogP contribution in [0.3, 0.4) is 0 Å². The summed E-state index contributed by atoms with van der Waals surface area (Å²) in [5.74, 6) is 0. The number of fused-ring (bicyclic) bond motifs is 1. The highest BCUT2D eigenvalue weighted by molar-refractivity contribution is 7.90. The van der Waals surface area contributed by atoms with Crippen molar-refractivity contribution in [2.75, 3.05) is 18.4 Å². The number of benzene rings is 1. The Hall–Kier alpha value is -0.910. The van der Waals surface area contributed by atoms with E-state index in [1.54, 1.807) is 0 Å². The van der Waals surface area contributed by atoms with E-state index in [4.69, 9.17) is 16.7 Å². The maximum absolute atomic E-state index is 12.5.